The molecule has 2 aromatic carbocycles. The number of aliphatic hydroxyl groups excluding tert-OH is 1. The Morgan fingerprint density at radius 3 is 1.95 bits per heavy atom. The molecule has 1 N–H and O–H groups in total. The molecule has 1 atom stereocenters. The minimum atomic E-state index is 0.185. The van der Waals surface area contributed by atoms with Crippen molar-refractivity contribution in [3.8, 4) is 5.75 Å². The van der Waals surface area contributed by atoms with Crippen LogP contribution in [-0.2, 0) is 0 Å². The van der Waals surface area contributed by atoms with Gasteiger partial charge in [0.15, 0.2) is 0 Å². The van der Waals surface area contributed by atoms with E-state index in [1.54, 1.807) is 7.11 Å². The first-order valence-corrected chi connectivity index (χ1v) is 6.56. The molecule has 0 aliphatic carbocycles. The molecule has 0 fully saturated rings. The van der Waals surface area contributed by atoms with Crippen LogP contribution in [0.2, 0.25) is 0 Å². The fourth-order valence-corrected chi connectivity index (χ4v) is 2.29. The maximum Gasteiger partial charge on any atom is 0.118 e. The molecular weight excluding hydrogens is 236 g/mol. The molecule has 0 bridgehead atoms. The third-order valence-corrected chi connectivity index (χ3v) is 3.42. The van der Waals surface area contributed by atoms with Gasteiger partial charge in [-0.2, -0.15) is 0 Å². The summed E-state index contributed by atoms with van der Waals surface area (Å²) in [5, 5.41) is 9.29. The van der Waals surface area contributed by atoms with E-state index in [-0.39, 0.29) is 12.5 Å². The highest BCUT2D eigenvalue weighted by molar-refractivity contribution is 5.36. The summed E-state index contributed by atoms with van der Waals surface area (Å²) >= 11 is 0. The Morgan fingerprint density at radius 2 is 1.47 bits per heavy atom. The van der Waals surface area contributed by atoms with E-state index in [0.29, 0.717) is 0 Å². The first kappa shape index (κ1) is 13.6. The molecule has 0 aliphatic heterocycles. The van der Waals surface area contributed by atoms with E-state index in [9.17, 15) is 5.11 Å². The van der Waals surface area contributed by atoms with Crippen molar-refractivity contribution < 1.29 is 9.84 Å². The van der Waals surface area contributed by atoms with E-state index in [1.165, 1.54) is 16.7 Å². The molecule has 19 heavy (non-hydrogen) atoms. The molecule has 0 amide bonds. The van der Waals surface area contributed by atoms with Crippen LogP contribution in [0.4, 0.5) is 0 Å². The normalized spacial score (nSPS) is 12.2. The highest BCUT2D eigenvalue weighted by Gasteiger charge is 2.13. The lowest BCUT2D eigenvalue weighted by Gasteiger charge is -2.17. The lowest BCUT2D eigenvalue weighted by Crippen LogP contribution is -2.03. The van der Waals surface area contributed by atoms with Crippen molar-refractivity contribution in [2.45, 2.75) is 19.3 Å². The van der Waals surface area contributed by atoms with Crippen LogP contribution in [0, 0.1) is 6.92 Å². The number of hydrogen-bond donors (Lipinski definition) is 1. The topological polar surface area (TPSA) is 29.5 Å². The minimum Gasteiger partial charge on any atom is -0.497 e. The zero-order chi connectivity index (χ0) is 13.7. The van der Waals surface area contributed by atoms with Crippen molar-refractivity contribution in [1.29, 1.82) is 0 Å². The Balaban J connectivity index is 2.30. The molecule has 2 nitrogen and oxygen atoms in total. The predicted octanol–water partition coefficient (Wildman–Crippen LogP) is 3.52. The van der Waals surface area contributed by atoms with Crippen molar-refractivity contribution in [2.75, 3.05) is 13.7 Å². The second-order valence-corrected chi connectivity index (χ2v) is 4.75. The molecule has 0 spiro atoms. The van der Waals surface area contributed by atoms with E-state index >= 15 is 0 Å². The molecule has 2 aromatic rings. The van der Waals surface area contributed by atoms with Crippen LogP contribution in [0.5, 0.6) is 5.75 Å². The molecule has 2 rings (SSSR count). The van der Waals surface area contributed by atoms with Gasteiger partial charge in [-0.25, -0.2) is 0 Å². The summed E-state index contributed by atoms with van der Waals surface area (Å²) in [6.45, 7) is 2.27. The lowest BCUT2D eigenvalue weighted by atomic mass is 9.88. The monoisotopic (exact) mass is 256 g/mol. The average Bonchev–Trinajstić information content (AvgIpc) is 2.46. The van der Waals surface area contributed by atoms with Crippen LogP contribution < -0.4 is 4.74 Å². The van der Waals surface area contributed by atoms with Gasteiger partial charge < -0.3 is 9.84 Å². The molecule has 1 unspecified atom stereocenters. The second-order valence-electron chi connectivity index (χ2n) is 4.75. The van der Waals surface area contributed by atoms with Crippen molar-refractivity contribution >= 4 is 0 Å². The Labute approximate surface area is 114 Å². The fraction of sp³-hybridized carbons (Fsp3) is 0.294. The van der Waals surface area contributed by atoms with Gasteiger partial charge in [-0.1, -0.05) is 42.0 Å². The average molecular weight is 256 g/mol. The van der Waals surface area contributed by atoms with E-state index in [2.05, 4.69) is 43.3 Å². The number of ether oxygens (including phenoxy) is 1. The molecule has 0 saturated carbocycles. The van der Waals surface area contributed by atoms with Gasteiger partial charge in [0, 0.05) is 12.5 Å². The third-order valence-electron chi connectivity index (χ3n) is 3.42. The SMILES string of the molecule is COc1ccc(C(CCO)c2ccc(C)cc2)cc1. The van der Waals surface area contributed by atoms with E-state index in [4.69, 9.17) is 4.74 Å². The molecule has 0 radical (unpaired) electrons. The molecule has 0 heterocycles. The smallest absolute Gasteiger partial charge is 0.118 e. The van der Waals surface area contributed by atoms with Gasteiger partial charge in [0.2, 0.25) is 0 Å². The molecular formula is C17H20O2. The van der Waals surface area contributed by atoms with Crippen LogP contribution in [0.25, 0.3) is 0 Å². The largest absolute Gasteiger partial charge is 0.497 e. The summed E-state index contributed by atoms with van der Waals surface area (Å²) in [5.41, 5.74) is 3.70. The number of methoxy groups -OCH3 is 1. The van der Waals surface area contributed by atoms with Crippen LogP contribution in [0.1, 0.15) is 29.0 Å². The molecule has 0 aliphatic rings. The molecule has 0 aromatic heterocycles. The maximum atomic E-state index is 9.29. The van der Waals surface area contributed by atoms with Crippen LogP contribution >= 0.6 is 0 Å². The summed E-state index contributed by atoms with van der Waals surface area (Å²) in [4.78, 5) is 0. The fourth-order valence-electron chi connectivity index (χ4n) is 2.29. The molecule has 0 saturated heterocycles. The second kappa shape index (κ2) is 6.39. The summed E-state index contributed by atoms with van der Waals surface area (Å²) in [6, 6.07) is 16.6. The van der Waals surface area contributed by atoms with Crippen molar-refractivity contribution in [2.24, 2.45) is 0 Å². The number of hydrogen-bond acceptors (Lipinski definition) is 2. The first-order valence-electron chi connectivity index (χ1n) is 6.56. The third kappa shape index (κ3) is 3.36. The van der Waals surface area contributed by atoms with E-state index < -0.39 is 0 Å². The van der Waals surface area contributed by atoms with E-state index in [1.807, 2.05) is 12.1 Å². The van der Waals surface area contributed by atoms with Crippen LogP contribution in [-0.4, -0.2) is 18.8 Å². The number of rotatable bonds is 5. The Kier molecular flexibility index (Phi) is 4.58. The Morgan fingerprint density at radius 1 is 0.947 bits per heavy atom. The quantitative estimate of drug-likeness (QED) is 0.887. The zero-order valence-corrected chi connectivity index (χ0v) is 11.5. The van der Waals surface area contributed by atoms with Gasteiger partial charge >= 0.3 is 0 Å². The van der Waals surface area contributed by atoms with Crippen molar-refractivity contribution in [3.63, 3.8) is 0 Å². The molecule has 100 valence electrons. The van der Waals surface area contributed by atoms with E-state index in [0.717, 1.165) is 12.2 Å². The van der Waals surface area contributed by atoms with Gasteiger partial charge in [0.25, 0.3) is 0 Å². The van der Waals surface area contributed by atoms with Gasteiger partial charge in [-0.3, -0.25) is 0 Å². The highest BCUT2D eigenvalue weighted by atomic mass is 16.5. The Bertz CT molecular complexity index is 500. The summed E-state index contributed by atoms with van der Waals surface area (Å²) < 4.78 is 5.18. The molecule has 2 heteroatoms. The van der Waals surface area contributed by atoms with Crippen LogP contribution in [0.3, 0.4) is 0 Å². The van der Waals surface area contributed by atoms with Gasteiger partial charge in [-0.05, 0) is 36.6 Å². The number of aliphatic hydroxyl groups is 1. The summed E-state index contributed by atoms with van der Waals surface area (Å²) in [6.07, 6.45) is 0.732. The predicted molar refractivity (Wildman–Crippen MR) is 77.7 cm³/mol. The van der Waals surface area contributed by atoms with Crippen molar-refractivity contribution in [3.05, 3.63) is 65.2 Å². The number of aryl methyl sites for hydroxylation is 1. The zero-order valence-electron chi connectivity index (χ0n) is 11.5. The van der Waals surface area contributed by atoms with Gasteiger partial charge in [0.1, 0.15) is 5.75 Å². The van der Waals surface area contributed by atoms with Crippen molar-refractivity contribution in [1.82, 2.24) is 0 Å². The summed E-state index contributed by atoms with van der Waals surface area (Å²) in [7, 11) is 1.67. The lowest BCUT2D eigenvalue weighted by molar-refractivity contribution is 0.281. The van der Waals surface area contributed by atoms with Gasteiger partial charge in [-0.15, -0.1) is 0 Å². The summed E-state index contributed by atoms with van der Waals surface area (Å²) in [5.74, 6) is 1.09. The Hall–Kier alpha value is -1.80. The standard InChI is InChI=1S/C17H20O2/c1-13-3-5-14(6-4-13)17(11-12-18)15-7-9-16(19-2)10-8-15/h3-10,17-18H,11-12H2,1-2H3. The first-order chi connectivity index (χ1) is 9.24. The van der Waals surface area contributed by atoms with Gasteiger partial charge in [0.05, 0.1) is 7.11 Å². The van der Waals surface area contributed by atoms with Crippen LogP contribution in [0.15, 0.2) is 48.5 Å². The number of benzene rings is 2. The maximum absolute atomic E-state index is 9.29. The highest BCUT2D eigenvalue weighted by Crippen LogP contribution is 2.29. The minimum absolute atomic E-state index is 0.185.